The molecule has 2 atom stereocenters. The Balaban J connectivity index is 1.70. The summed E-state index contributed by atoms with van der Waals surface area (Å²) in [6, 6.07) is 21.4. The monoisotopic (exact) mass is 492 g/mol. The minimum atomic E-state index is -2.69. The maximum atomic E-state index is 12.7. The van der Waals surface area contributed by atoms with E-state index in [-0.39, 0.29) is 28.4 Å². The van der Waals surface area contributed by atoms with E-state index in [1.165, 1.54) is 10.4 Å². The lowest BCUT2D eigenvalue weighted by atomic mass is 9.64. The number of ether oxygens (including phenoxy) is 2. The van der Waals surface area contributed by atoms with Crippen LogP contribution in [0.2, 0.25) is 5.04 Å². The van der Waals surface area contributed by atoms with Gasteiger partial charge in [-0.1, -0.05) is 95.3 Å². The molecule has 1 fully saturated rings. The lowest BCUT2D eigenvalue weighted by Crippen LogP contribution is -2.66. The molecule has 0 saturated carbocycles. The molecule has 1 aliphatic carbocycles. The molecular formula is C30H40O4Si. The second kappa shape index (κ2) is 10.5. The first-order valence-corrected chi connectivity index (χ1v) is 14.8. The molecule has 0 bridgehead atoms. The predicted molar refractivity (Wildman–Crippen MR) is 143 cm³/mol. The zero-order valence-electron chi connectivity index (χ0n) is 21.9. The fraction of sp³-hybridized carbons (Fsp3) is 0.500. The Hall–Kier alpha value is -2.05. The van der Waals surface area contributed by atoms with Crippen molar-refractivity contribution in [3.63, 3.8) is 0 Å². The van der Waals surface area contributed by atoms with Crippen molar-refractivity contribution in [2.24, 2.45) is 11.3 Å². The highest BCUT2D eigenvalue weighted by Crippen LogP contribution is 2.46. The van der Waals surface area contributed by atoms with Crippen LogP contribution in [0.1, 0.15) is 53.9 Å². The average Bonchev–Trinajstić information content (AvgIpc) is 3.36. The highest BCUT2D eigenvalue weighted by atomic mass is 28.4. The van der Waals surface area contributed by atoms with Crippen molar-refractivity contribution >= 4 is 24.5 Å². The van der Waals surface area contributed by atoms with Crippen LogP contribution in [-0.2, 0) is 18.7 Å². The molecule has 2 aliphatic rings. The molecule has 5 heteroatoms. The number of allylic oxidation sites excluding steroid dienone is 1. The first-order chi connectivity index (χ1) is 16.7. The third kappa shape index (κ3) is 5.24. The van der Waals surface area contributed by atoms with Crippen LogP contribution in [0, 0.1) is 11.3 Å². The number of carbonyl (C=O) groups excluding carboxylic acids is 1. The van der Waals surface area contributed by atoms with E-state index in [4.69, 9.17) is 13.9 Å². The number of carbonyl (C=O) groups is 1. The fourth-order valence-electron chi connectivity index (χ4n) is 5.81. The standard InChI is InChI=1S/C30H40O4Si/c1-23-20-25(31)21-24(30(23,5)17-16-28-32-18-19-33-28)22-34-35(29(2,3)4,26-12-8-6-9-13-26)27-14-10-7-11-15-27/h6-15,21,23,28H,16-20,22H2,1-5H3/t23-,30-/m1/s1. The van der Waals surface area contributed by atoms with E-state index in [9.17, 15) is 4.79 Å². The van der Waals surface area contributed by atoms with Gasteiger partial charge in [0.15, 0.2) is 12.1 Å². The Labute approximate surface area is 211 Å². The Kier molecular flexibility index (Phi) is 7.82. The molecule has 2 aromatic carbocycles. The lowest BCUT2D eigenvalue weighted by molar-refractivity contribution is -0.117. The molecule has 1 aliphatic heterocycles. The fourth-order valence-corrected chi connectivity index (χ4v) is 10.3. The third-order valence-electron chi connectivity index (χ3n) is 8.12. The molecule has 0 unspecified atom stereocenters. The largest absolute Gasteiger partial charge is 0.403 e. The molecule has 1 saturated heterocycles. The normalized spacial score (nSPS) is 24.0. The number of rotatable bonds is 8. The van der Waals surface area contributed by atoms with E-state index in [1.54, 1.807) is 0 Å². The minimum absolute atomic E-state index is 0.109. The van der Waals surface area contributed by atoms with Crippen molar-refractivity contribution in [2.45, 2.75) is 65.2 Å². The summed E-state index contributed by atoms with van der Waals surface area (Å²) in [5.41, 5.74) is 0.960. The molecule has 4 nitrogen and oxygen atoms in total. The predicted octanol–water partition coefficient (Wildman–Crippen LogP) is 5.26. The summed E-state index contributed by atoms with van der Waals surface area (Å²) < 4.78 is 18.7. The van der Waals surface area contributed by atoms with Gasteiger partial charge in [-0.25, -0.2) is 0 Å². The van der Waals surface area contributed by atoms with Crippen molar-refractivity contribution in [3.05, 3.63) is 72.3 Å². The van der Waals surface area contributed by atoms with Gasteiger partial charge in [-0.15, -0.1) is 0 Å². The number of hydrogen-bond acceptors (Lipinski definition) is 4. The molecule has 4 rings (SSSR count). The first kappa shape index (κ1) is 26.0. The van der Waals surface area contributed by atoms with Crippen LogP contribution in [0.5, 0.6) is 0 Å². The van der Waals surface area contributed by atoms with Gasteiger partial charge in [0.05, 0.1) is 19.8 Å². The molecule has 2 aromatic rings. The van der Waals surface area contributed by atoms with Crippen molar-refractivity contribution in [1.82, 2.24) is 0 Å². The highest BCUT2D eigenvalue weighted by molar-refractivity contribution is 6.99. The van der Waals surface area contributed by atoms with Crippen LogP contribution < -0.4 is 10.4 Å². The average molecular weight is 493 g/mol. The van der Waals surface area contributed by atoms with E-state index in [2.05, 4.69) is 95.3 Å². The van der Waals surface area contributed by atoms with Crippen molar-refractivity contribution in [3.8, 4) is 0 Å². The smallest absolute Gasteiger partial charge is 0.261 e. The molecule has 0 aromatic heterocycles. The summed E-state index contributed by atoms with van der Waals surface area (Å²) in [6.07, 6.45) is 4.03. The van der Waals surface area contributed by atoms with Gasteiger partial charge >= 0.3 is 0 Å². The maximum Gasteiger partial charge on any atom is 0.261 e. The van der Waals surface area contributed by atoms with E-state index in [0.29, 0.717) is 26.2 Å². The van der Waals surface area contributed by atoms with Crippen LogP contribution in [-0.4, -0.2) is 40.2 Å². The zero-order chi connectivity index (χ0) is 25.1. The van der Waals surface area contributed by atoms with Crippen molar-refractivity contribution in [2.75, 3.05) is 19.8 Å². The van der Waals surface area contributed by atoms with Gasteiger partial charge in [-0.3, -0.25) is 4.79 Å². The molecule has 0 N–H and O–H groups in total. The van der Waals surface area contributed by atoms with Gasteiger partial charge in [-0.05, 0) is 51.2 Å². The van der Waals surface area contributed by atoms with Crippen LogP contribution >= 0.6 is 0 Å². The summed E-state index contributed by atoms with van der Waals surface area (Å²) in [4.78, 5) is 12.7. The zero-order valence-corrected chi connectivity index (χ0v) is 22.9. The number of ketones is 1. The second-order valence-corrected chi connectivity index (χ2v) is 15.6. The van der Waals surface area contributed by atoms with Gasteiger partial charge in [0.25, 0.3) is 8.32 Å². The van der Waals surface area contributed by atoms with Gasteiger partial charge < -0.3 is 13.9 Å². The maximum absolute atomic E-state index is 12.7. The van der Waals surface area contributed by atoms with Crippen LogP contribution in [0.25, 0.3) is 0 Å². The molecular weight excluding hydrogens is 452 g/mol. The minimum Gasteiger partial charge on any atom is -0.403 e. The Morgan fingerprint density at radius 2 is 1.51 bits per heavy atom. The molecule has 0 spiro atoms. The summed E-state index contributed by atoms with van der Waals surface area (Å²) >= 11 is 0. The number of benzene rings is 2. The van der Waals surface area contributed by atoms with Crippen LogP contribution in [0.3, 0.4) is 0 Å². The van der Waals surface area contributed by atoms with E-state index >= 15 is 0 Å². The van der Waals surface area contributed by atoms with Crippen LogP contribution in [0.4, 0.5) is 0 Å². The quantitative estimate of drug-likeness (QED) is 0.472. The Bertz CT molecular complexity index is 982. The van der Waals surface area contributed by atoms with E-state index in [0.717, 1.165) is 18.4 Å². The van der Waals surface area contributed by atoms with Crippen LogP contribution in [0.15, 0.2) is 72.3 Å². The van der Waals surface area contributed by atoms with E-state index in [1.807, 2.05) is 6.08 Å². The Morgan fingerprint density at radius 1 is 0.971 bits per heavy atom. The van der Waals surface area contributed by atoms with E-state index < -0.39 is 8.32 Å². The van der Waals surface area contributed by atoms with Crippen molar-refractivity contribution in [1.29, 1.82) is 0 Å². The topological polar surface area (TPSA) is 44.8 Å². The Morgan fingerprint density at radius 3 is 2.03 bits per heavy atom. The summed E-state index contributed by atoms with van der Waals surface area (Å²) in [5, 5.41) is 2.40. The molecule has 188 valence electrons. The SMILES string of the molecule is C[C@@H]1CC(=O)C=C(CO[Si](c2ccccc2)(c2ccccc2)C(C)(C)C)[C@]1(C)CCC1OCCO1. The van der Waals surface area contributed by atoms with Gasteiger partial charge in [-0.2, -0.15) is 0 Å². The van der Waals surface area contributed by atoms with Gasteiger partial charge in [0.1, 0.15) is 0 Å². The summed E-state index contributed by atoms with van der Waals surface area (Å²) in [5.74, 6) is 0.434. The molecule has 1 heterocycles. The third-order valence-corrected chi connectivity index (χ3v) is 13.1. The molecule has 35 heavy (non-hydrogen) atoms. The summed E-state index contributed by atoms with van der Waals surface area (Å²) in [7, 11) is -2.69. The van der Waals surface area contributed by atoms with Crippen molar-refractivity contribution < 1.29 is 18.7 Å². The lowest BCUT2D eigenvalue weighted by Gasteiger charge is -2.46. The number of hydrogen-bond donors (Lipinski definition) is 0. The first-order valence-electron chi connectivity index (χ1n) is 12.9. The second-order valence-electron chi connectivity index (χ2n) is 11.3. The molecule has 0 amide bonds. The summed E-state index contributed by atoms with van der Waals surface area (Å²) in [6.45, 7) is 13.1. The van der Waals surface area contributed by atoms with Gasteiger partial charge in [0, 0.05) is 6.42 Å². The highest BCUT2D eigenvalue weighted by Gasteiger charge is 2.51. The molecule has 0 radical (unpaired) electrons. The van der Waals surface area contributed by atoms with Gasteiger partial charge in [0.2, 0.25) is 0 Å².